The van der Waals surface area contributed by atoms with Gasteiger partial charge in [-0.1, -0.05) is 12.1 Å². The fourth-order valence-corrected chi connectivity index (χ4v) is 3.96. The van der Waals surface area contributed by atoms with E-state index < -0.39 is 5.97 Å². The lowest BCUT2D eigenvalue weighted by Gasteiger charge is -2.18. The SMILES string of the molecule is CNc1ccc(-c2cc3c(cc2O)CCc2c-3nn(CCCN)c2C(=O)O)cc1. The molecule has 1 heterocycles. The Balaban J connectivity index is 1.84. The first-order chi connectivity index (χ1) is 14.0. The summed E-state index contributed by atoms with van der Waals surface area (Å²) in [5, 5.41) is 28.1. The van der Waals surface area contributed by atoms with Crippen LogP contribution in [-0.4, -0.2) is 39.6 Å². The zero-order chi connectivity index (χ0) is 20.5. The third kappa shape index (κ3) is 3.34. The van der Waals surface area contributed by atoms with Crippen molar-refractivity contribution < 1.29 is 15.0 Å². The Morgan fingerprint density at radius 3 is 2.62 bits per heavy atom. The van der Waals surface area contributed by atoms with Crippen molar-refractivity contribution in [3.8, 4) is 28.1 Å². The molecule has 7 heteroatoms. The first-order valence-electron chi connectivity index (χ1n) is 9.71. The number of carbonyl (C=O) groups is 1. The number of aryl methyl sites for hydroxylation is 2. The summed E-state index contributed by atoms with van der Waals surface area (Å²) in [5.74, 6) is -0.758. The van der Waals surface area contributed by atoms with Crippen molar-refractivity contribution in [1.29, 1.82) is 0 Å². The zero-order valence-corrected chi connectivity index (χ0v) is 16.3. The minimum atomic E-state index is -0.971. The summed E-state index contributed by atoms with van der Waals surface area (Å²) in [5.41, 5.74) is 11.7. The normalized spacial score (nSPS) is 12.3. The van der Waals surface area contributed by atoms with Crippen LogP contribution in [0.15, 0.2) is 36.4 Å². The molecule has 4 rings (SSSR count). The standard InChI is InChI=1S/C22H24N4O3/c1-24-15-6-3-13(4-7-15)17-12-18-14(11-19(17)27)5-8-16-20(18)25-26(10-2-9-23)21(16)22(28)29/h3-4,6-7,11-12,24,27H,2,5,8-10,23H2,1H3,(H,28,29). The molecule has 0 saturated carbocycles. The highest BCUT2D eigenvalue weighted by Gasteiger charge is 2.29. The molecule has 5 N–H and O–H groups in total. The maximum atomic E-state index is 11.9. The average Bonchev–Trinajstić information content (AvgIpc) is 3.10. The van der Waals surface area contributed by atoms with E-state index in [-0.39, 0.29) is 11.4 Å². The van der Waals surface area contributed by atoms with Gasteiger partial charge in [0.25, 0.3) is 0 Å². The molecule has 0 unspecified atom stereocenters. The molecule has 29 heavy (non-hydrogen) atoms. The van der Waals surface area contributed by atoms with Crippen LogP contribution in [0.25, 0.3) is 22.4 Å². The smallest absolute Gasteiger partial charge is 0.354 e. The number of carboxylic acid groups (broad SMARTS) is 1. The second-order valence-electron chi connectivity index (χ2n) is 7.20. The monoisotopic (exact) mass is 392 g/mol. The van der Waals surface area contributed by atoms with Gasteiger partial charge < -0.3 is 21.3 Å². The van der Waals surface area contributed by atoms with Crippen LogP contribution in [-0.2, 0) is 19.4 Å². The Kier molecular flexibility index (Phi) is 4.98. The van der Waals surface area contributed by atoms with Crippen LogP contribution in [0.5, 0.6) is 5.75 Å². The van der Waals surface area contributed by atoms with Gasteiger partial charge in [-0.2, -0.15) is 5.10 Å². The topological polar surface area (TPSA) is 113 Å². The maximum Gasteiger partial charge on any atom is 0.354 e. The van der Waals surface area contributed by atoms with Gasteiger partial charge in [0.2, 0.25) is 0 Å². The quantitative estimate of drug-likeness (QED) is 0.513. The van der Waals surface area contributed by atoms with E-state index in [1.165, 1.54) is 0 Å². The number of nitrogens with one attached hydrogen (secondary N) is 1. The predicted molar refractivity (Wildman–Crippen MR) is 112 cm³/mol. The van der Waals surface area contributed by atoms with Crippen LogP contribution in [0.4, 0.5) is 5.69 Å². The number of nitrogens with two attached hydrogens (primary N) is 1. The number of hydrogen-bond donors (Lipinski definition) is 4. The molecular formula is C22H24N4O3. The molecule has 7 nitrogen and oxygen atoms in total. The average molecular weight is 392 g/mol. The van der Waals surface area contributed by atoms with Gasteiger partial charge in [-0.15, -0.1) is 0 Å². The van der Waals surface area contributed by atoms with Crippen molar-refractivity contribution in [2.45, 2.75) is 25.8 Å². The van der Waals surface area contributed by atoms with Crippen LogP contribution in [0.3, 0.4) is 0 Å². The Hall–Kier alpha value is -3.32. The van der Waals surface area contributed by atoms with Crippen LogP contribution < -0.4 is 11.1 Å². The first kappa shape index (κ1) is 19.0. The number of aromatic carboxylic acids is 1. The van der Waals surface area contributed by atoms with Gasteiger partial charge >= 0.3 is 5.97 Å². The minimum absolute atomic E-state index is 0.213. The van der Waals surface area contributed by atoms with E-state index in [9.17, 15) is 15.0 Å². The molecular weight excluding hydrogens is 368 g/mol. The highest BCUT2D eigenvalue weighted by Crippen LogP contribution is 2.41. The number of carboxylic acids is 1. The molecule has 0 spiro atoms. The number of nitrogens with zero attached hydrogens (tertiary/aromatic N) is 2. The lowest BCUT2D eigenvalue weighted by atomic mass is 9.86. The maximum absolute atomic E-state index is 11.9. The number of hydrogen-bond acceptors (Lipinski definition) is 5. The number of aromatic nitrogens is 2. The van der Waals surface area contributed by atoms with E-state index in [1.807, 2.05) is 37.4 Å². The molecule has 150 valence electrons. The minimum Gasteiger partial charge on any atom is -0.507 e. The molecule has 2 aromatic carbocycles. The van der Waals surface area contributed by atoms with Gasteiger partial charge in [-0.05, 0) is 61.2 Å². The Bertz CT molecular complexity index is 1070. The van der Waals surface area contributed by atoms with E-state index in [2.05, 4.69) is 10.4 Å². The van der Waals surface area contributed by atoms with Crippen molar-refractivity contribution in [2.75, 3.05) is 18.9 Å². The number of rotatable bonds is 6. The molecule has 0 saturated heterocycles. The third-order valence-electron chi connectivity index (χ3n) is 5.43. The number of benzene rings is 2. The van der Waals surface area contributed by atoms with Crippen LogP contribution in [0, 0.1) is 0 Å². The molecule has 0 fully saturated rings. The van der Waals surface area contributed by atoms with Crippen LogP contribution >= 0.6 is 0 Å². The molecule has 1 aliphatic rings. The lowest BCUT2D eigenvalue weighted by Crippen LogP contribution is -2.14. The van der Waals surface area contributed by atoms with Crippen LogP contribution in [0.1, 0.15) is 28.0 Å². The number of phenolic OH excluding ortho intramolecular Hbond substituents is 1. The summed E-state index contributed by atoms with van der Waals surface area (Å²) >= 11 is 0. The predicted octanol–water partition coefficient (Wildman–Crippen LogP) is 3.11. The van der Waals surface area contributed by atoms with Crippen molar-refractivity contribution in [3.63, 3.8) is 0 Å². The van der Waals surface area contributed by atoms with Crippen molar-refractivity contribution in [1.82, 2.24) is 9.78 Å². The number of fused-ring (bicyclic) bond motifs is 3. The summed E-state index contributed by atoms with van der Waals surface area (Å²) < 4.78 is 1.56. The van der Waals surface area contributed by atoms with E-state index in [4.69, 9.17) is 5.73 Å². The Morgan fingerprint density at radius 1 is 1.21 bits per heavy atom. The lowest BCUT2D eigenvalue weighted by molar-refractivity contribution is 0.0681. The Labute approximate surface area is 168 Å². The molecule has 1 aromatic heterocycles. The van der Waals surface area contributed by atoms with Crippen molar-refractivity contribution >= 4 is 11.7 Å². The second-order valence-corrected chi connectivity index (χ2v) is 7.20. The van der Waals surface area contributed by atoms with Gasteiger partial charge in [0.15, 0.2) is 0 Å². The number of aromatic hydroxyl groups is 1. The number of phenols is 1. The Morgan fingerprint density at radius 2 is 1.97 bits per heavy atom. The van der Waals surface area contributed by atoms with Gasteiger partial charge in [0.05, 0.1) is 5.69 Å². The summed E-state index contributed by atoms with van der Waals surface area (Å²) in [4.78, 5) is 11.9. The molecule has 0 atom stereocenters. The van der Waals surface area contributed by atoms with E-state index >= 15 is 0 Å². The fraction of sp³-hybridized carbons (Fsp3) is 0.273. The molecule has 0 bridgehead atoms. The molecule has 3 aromatic rings. The van der Waals surface area contributed by atoms with Crippen molar-refractivity contribution in [3.05, 3.63) is 53.2 Å². The number of anilines is 1. The highest BCUT2D eigenvalue weighted by atomic mass is 16.4. The molecule has 0 amide bonds. The van der Waals surface area contributed by atoms with E-state index in [0.717, 1.165) is 27.9 Å². The summed E-state index contributed by atoms with van der Waals surface area (Å²) in [6, 6.07) is 11.5. The molecule has 0 aliphatic heterocycles. The third-order valence-corrected chi connectivity index (χ3v) is 5.43. The van der Waals surface area contributed by atoms with Crippen LogP contribution in [0.2, 0.25) is 0 Å². The first-order valence-corrected chi connectivity index (χ1v) is 9.71. The molecule has 1 aliphatic carbocycles. The zero-order valence-electron chi connectivity index (χ0n) is 16.3. The highest BCUT2D eigenvalue weighted by molar-refractivity contribution is 5.91. The summed E-state index contributed by atoms with van der Waals surface area (Å²) in [6.07, 6.45) is 1.91. The summed E-state index contributed by atoms with van der Waals surface area (Å²) in [6.45, 7) is 0.942. The van der Waals surface area contributed by atoms with Gasteiger partial charge in [-0.25, -0.2) is 4.79 Å². The van der Waals surface area contributed by atoms with Gasteiger partial charge in [-0.3, -0.25) is 4.68 Å². The second kappa shape index (κ2) is 7.60. The van der Waals surface area contributed by atoms with E-state index in [0.29, 0.717) is 43.6 Å². The van der Waals surface area contributed by atoms with Gasteiger partial charge in [0, 0.05) is 36.0 Å². The van der Waals surface area contributed by atoms with E-state index in [1.54, 1.807) is 10.7 Å². The largest absolute Gasteiger partial charge is 0.507 e. The van der Waals surface area contributed by atoms with Crippen molar-refractivity contribution in [2.24, 2.45) is 5.73 Å². The summed E-state index contributed by atoms with van der Waals surface area (Å²) in [7, 11) is 1.86. The molecule has 0 radical (unpaired) electrons. The fourth-order valence-electron chi connectivity index (χ4n) is 3.96. The van der Waals surface area contributed by atoms with Gasteiger partial charge in [0.1, 0.15) is 11.4 Å².